The van der Waals surface area contributed by atoms with Crippen LogP contribution in [0.5, 0.6) is 0 Å². The number of hydrogen-bond acceptors (Lipinski definition) is 2. The van der Waals surface area contributed by atoms with E-state index in [0.29, 0.717) is 6.04 Å². The van der Waals surface area contributed by atoms with E-state index in [0.717, 1.165) is 6.42 Å². The minimum Gasteiger partial charge on any atom is -0.299 e. The molecule has 1 rings (SSSR count). The van der Waals surface area contributed by atoms with Gasteiger partial charge in [0, 0.05) is 6.04 Å². The van der Waals surface area contributed by atoms with Gasteiger partial charge in [-0.25, -0.2) is 0 Å². The number of nitrogens with zero attached hydrogens (tertiary/aromatic N) is 1. The summed E-state index contributed by atoms with van der Waals surface area (Å²) in [6.07, 6.45) is 12.7. The van der Waals surface area contributed by atoms with Gasteiger partial charge in [-0.15, -0.1) is 0 Å². The predicted molar refractivity (Wildman–Crippen MR) is 68.2 cm³/mol. The van der Waals surface area contributed by atoms with Crippen molar-refractivity contribution >= 4 is 0 Å². The van der Waals surface area contributed by atoms with Crippen LogP contribution < -0.4 is 5.32 Å². The second-order valence-corrected chi connectivity index (χ2v) is 5.03. The Morgan fingerprint density at radius 2 is 1.94 bits per heavy atom. The summed E-state index contributed by atoms with van der Waals surface area (Å²) in [6, 6.07) is 3.13. The van der Waals surface area contributed by atoms with E-state index in [2.05, 4.69) is 18.3 Å². The van der Waals surface area contributed by atoms with E-state index in [1.807, 2.05) is 0 Å². The second kappa shape index (κ2) is 8.58. The summed E-state index contributed by atoms with van der Waals surface area (Å²) in [4.78, 5) is 0. The van der Waals surface area contributed by atoms with E-state index in [1.54, 1.807) is 0 Å². The van der Waals surface area contributed by atoms with Crippen molar-refractivity contribution in [3.63, 3.8) is 0 Å². The van der Waals surface area contributed by atoms with Gasteiger partial charge >= 0.3 is 0 Å². The second-order valence-electron chi connectivity index (χ2n) is 5.03. The SMILES string of the molecule is CCCCCCC(C#N)NC1CCCCC1. The minimum atomic E-state index is 0.0972. The Hall–Kier alpha value is -0.550. The molecule has 0 aromatic rings. The largest absolute Gasteiger partial charge is 0.299 e. The van der Waals surface area contributed by atoms with Gasteiger partial charge in [0.2, 0.25) is 0 Å². The molecule has 0 aromatic heterocycles. The van der Waals surface area contributed by atoms with Gasteiger partial charge in [0.25, 0.3) is 0 Å². The van der Waals surface area contributed by atoms with Gasteiger partial charge in [0.05, 0.1) is 12.1 Å². The van der Waals surface area contributed by atoms with E-state index in [9.17, 15) is 0 Å². The summed E-state index contributed by atoms with van der Waals surface area (Å²) in [5, 5.41) is 12.6. The Morgan fingerprint density at radius 1 is 1.19 bits per heavy atom. The molecule has 0 saturated heterocycles. The van der Waals surface area contributed by atoms with Crippen molar-refractivity contribution in [3.8, 4) is 6.07 Å². The van der Waals surface area contributed by atoms with E-state index >= 15 is 0 Å². The van der Waals surface area contributed by atoms with Gasteiger partial charge in [0.1, 0.15) is 0 Å². The average molecular weight is 222 g/mol. The van der Waals surface area contributed by atoms with Crippen LogP contribution in [0.25, 0.3) is 0 Å². The number of rotatable bonds is 7. The van der Waals surface area contributed by atoms with E-state index in [-0.39, 0.29) is 6.04 Å². The molecule has 1 saturated carbocycles. The molecule has 1 N–H and O–H groups in total. The molecule has 1 aliphatic carbocycles. The van der Waals surface area contributed by atoms with Crippen molar-refractivity contribution in [3.05, 3.63) is 0 Å². The molecule has 0 radical (unpaired) electrons. The lowest BCUT2D eigenvalue weighted by atomic mass is 9.94. The third kappa shape index (κ3) is 5.51. The number of unbranched alkanes of at least 4 members (excludes halogenated alkanes) is 3. The first kappa shape index (κ1) is 13.5. The van der Waals surface area contributed by atoms with Crippen LogP contribution in [0.1, 0.15) is 71.1 Å². The van der Waals surface area contributed by atoms with E-state index in [1.165, 1.54) is 57.8 Å². The highest BCUT2D eigenvalue weighted by atomic mass is 14.9. The highest BCUT2D eigenvalue weighted by Gasteiger charge is 2.16. The average Bonchev–Trinajstić information content (AvgIpc) is 2.34. The summed E-state index contributed by atoms with van der Waals surface area (Å²) in [5.41, 5.74) is 0. The van der Waals surface area contributed by atoms with Crippen LogP contribution in [0.3, 0.4) is 0 Å². The zero-order chi connectivity index (χ0) is 11.6. The van der Waals surface area contributed by atoms with Gasteiger partial charge in [-0.05, 0) is 19.3 Å². The first-order chi connectivity index (χ1) is 7.86. The molecule has 92 valence electrons. The lowest BCUT2D eigenvalue weighted by Crippen LogP contribution is -2.38. The molecule has 0 aromatic carbocycles. The van der Waals surface area contributed by atoms with Crippen LogP contribution in [0.15, 0.2) is 0 Å². The van der Waals surface area contributed by atoms with Crippen LogP contribution >= 0.6 is 0 Å². The van der Waals surface area contributed by atoms with Crippen LogP contribution in [0.2, 0.25) is 0 Å². The molecule has 1 unspecified atom stereocenters. The highest BCUT2D eigenvalue weighted by Crippen LogP contribution is 2.18. The van der Waals surface area contributed by atoms with E-state index in [4.69, 9.17) is 5.26 Å². The molecular weight excluding hydrogens is 196 g/mol. The molecule has 0 spiro atoms. The molecular formula is C14H26N2. The first-order valence-electron chi connectivity index (χ1n) is 7.02. The lowest BCUT2D eigenvalue weighted by Gasteiger charge is -2.25. The lowest BCUT2D eigenvalue weighted by molar-refractivity contribution is 0.348. The van der Waals surface area contributed by atoms with Crippen LogP contribution in [-0.4, -0.2) is 12.1 Å². The fourth-order valence-electron chi connectivity index (χ4n) is 2.51. The maximum absolute atomic E-state index is 9.10. The van der Waals surface area contributed by atoms with Gasteiger partial charge in [-0.2, -0.15) is 5.26 Å². The molecule has 1 fully saturated rings. The molecule has 0 heterocycles. The molecule has 16 heavy (non-hydrogen) atoms. The third-order valence-electron chi connectivity index (χ3n) is 3.54. The number of hydrogen-bond donors (Lipinski definition) is 1. The smallest absolute Gasteiger partial charge is 0.0955 e. The van der Waals surface area contributed by atoms with Crippen molar-refractivity contribution in [2.24, 2.45) is 0 Å². The summed E-state index contributed by atoms with van der Waals surface area (Å²) < 4.78 is 0. The summed E-state index contributed by atoms with van der Waals surface area (Å²) in [7, 11) is 0. The van der Waals surface area contributed by atoms with E-state index < -0.39 is 0 Å². The molecule has 2 heteroatoms. The van der Waals surface area contributed by atoms with Crippen molar-refractivity contribution in [1.82, 2.24) is 5.32 Å². The van der Waals surface area contributed by atoms with Crippen LogP contribution in [0.4, 0.5) is 0 Å². The molecule has 1 aliphatic rings. The minimum absolute atomic E-state index is 0.0972. The first-order valence-corrected chi connectivity index (χ1v) is 7.02. The van der Waals surface area contributed by atoms with Gasteiger partial charge in [-0.3, -0.25) is 5.32 Å². The maximum Gasteiger partial charge on any atom is 0.0955 e. The van der Waals surface area contributed by atoms with Crippen LogP contribution in [0, 0.1) is 11.3 Å². The standard InChI is InChI=1S/C14H26N2/c1-2-3-4-6-11-14(12-15)16-13-9-7-5-8-10-13/h13-14,16H,2-11H2,1H3. The van der Waals surface area contributed by atoms with Crippen LogP contribution in [-0.2, 0) is 0 Å². The van der Waals surface area contributed by atoms with Gasteiger partial charge < -0.3 is 0 Å². The summed E-state index contributed by atoms with van der Waals surface area (Å²) in [6.45, 7) is 2.22. The molecule has 2 nitrogen and oxygen atoms in total. The number of nitrogens with one attached hydrogen (secondary N) is 1. The van der Waals surface area contributed by atoms with Gasteiger partial charge in [0.15, 0.2) is 0 Å². The Balaban J connectivity index is 2.13. The highest BCUT2D eigenvalue weighted by molar-refractivity contribution is 4.92. The fourth-order valence-corrected chi connectivity index (χ4v) is 2.51. The quantitative estimate of drug-likeness (QED) is 0.666. The maximum atomic E-state index is 9.10. The molecule has 1 atom stereocenters. The van der Waals surface area contributed by atoms with Crippen molar-refractivity contribution in [2.45, 2.75) is 83.2 Å². The Morgan fingerprint density at radius 3 is 2.56 bits per heavy atom. The molecule has 0 bridgehead atoms. The number of nitriles is 1. The van der Waals surface area contributed by atoms with Gasteiger partial charge in [-0.1, -0.05) is 51.9 Å². The van der Waals surface area contributed by atoms with Crippen molar-refractivity contribution < 1.29 is 0 Å². The zero-order valence-electron chi connectivity index (χ0n) is 10.7. The summed E-state index contributed by atoms with van der Waals surface area (Å²) >= 11 is 0. The Kier molecular flexibility index (Phi) is 7.25. The third-order valence-corrected chi connectivity index (χ3v) is 3.54. The normalized spacial score (nSPS) is 19.2. The fraction of sp³-hybridized carbons (Fsp3) is 0.929. The predicted octanol–water partition coefficient (Wildman–Crippen LogP) is 3.77. The Labute approximate surface area is 100 Å². The summed E-state index contributed by atoms with van der Waals surface area (Å²) in [5.74, 6) is 0. The molecule has 0 aliphatic heterocycles. The topological polar surface area (TPSA) is 35.8 Å². The zero-order valence-corrected chi connectivity index (χ0v) is 10.7. The Bertz CT molecular complexity index is 201. The van der Waals surface area contributed by atoms with Crippen molar-refractivity contribution in [2.75, 3.05) is 0 Å². The monoisotopic (exact) mass is 222 g/mol. The van der Waals surface area contributed by atoms with Crippen molar-refractivity contribution in [1.29, 1.82) is 5.26 Å². The molecule has 0 amide bonds.